The fourth-order valence-electron chi connectivity index (χ4n) is 1.36. The summed E-state index contributed by atoms with van der Waals surface area (Å²) in [7, 11) is 0. The lowest BCUT2D eigenvalue weighted by Gasteiger charge is -2.11. The summed E-state index contributed by atoms with van der Waals surface area (Å²) in [5, 5.41) is 0. The number of hydrogen-bond acceptors (Lipinski definition) is 3. The zero-order valence-corrected chi connectivity index (χ0v) is 10.6. The second-order valence-corrected chi connectivity index (χ2v) is 4.06. The number of esters is 1. The van der Waals surface area contributed by atoms with Crippen LogP contribution in [-0.4, -0.2) is 19.2 Å². The van der Waals surface area contributed by atoms with E-state index in [0.29, 0.717) is 5.56 Å². The molecule has 0 aliphatic heterocycles. The van der Waals surface area contributed by atoms with E-state index in [1.807, 2.05) is 13.8 Å². The molecule has 3 nitrogen and oxygen atoms in total. The Kier molecular flexibility index (Phi) is 5.07. The molecule has 18 heavy (non-hydrogen) atoms. The number of ether oxygens (including phenoxy) is 2. The molecule has 100 valence electrons. The molecule has 0 amide bonds. The van der Waals surface area contributed by atoms with Crippen LogP contribution in [0.5, 0.6) is 5.75 Å². The van der Waals surface area contributed by atoms with Gasteiger partial charge in [0.25, 0.3) is 0 Å². The molecule has 1 aromatic carbocycles. The molecule has 0 saturated carbocycles. The molecular formula is C13H16F2O3. The number of halogens is 2. The minimum absolute atomic E-state index is 0.0324. The van der Waals surface area contributed by atoms with Crippen LogP contribution < -0.4 is 4.74 Å². The number of rotatable bonds is 5. The summed E-state index contributed by atoms with van der Waals surface area (Å²) in [4.78, 5) is 11.1. The fraction of sp³-hybridized carbons (Fsp3) is 0.462. The first-order valence-electron chi connectivity index (χ1n) is 5.73. The van der Waals surface area contributed by atoms with Crippen molar-refractivity contribution in [2.45, 2.75) is 26.7 Å². The molecule has 0 aromatic heterocycles. The van der Waals surface area contributed by atoms with Crippen LogP contribution in [0.1, 0.15) is 32.3 Å². The minimum Gasteiger partial charge on any atom is -0.479 e. The van der Waals surface area contributed by atoms with Gasteiger partial charge in [-0.1, -0.05) is 13.8 Å². The van der Waals surface area contributed by atoms with Crippen LogP contribution in [0.2, 0.25) is 0 Å². The number of carbonyl (C=O) groups is 1. The molecule has 0 atom stereocenters. The molecule has 0 heterocycles. The topological polar surface area (TPSA) is 35.5 Å². The van der Waals surface area contributed by atoms with Gasteiger partial charge in [0.15, 0.2) is 18.2 Å². The van der Waals surface area contributed by atoms with Crippen molar-refractivity contribution in [3.63, 3.8) is 0 Å². The summed E-state index contributed by atoms with van der Waals surface area (Å²) in [6.45, 7) is 5.12. The van der Waals surface area contributed by atoms with Gasteiger partial charge in [0, 0.05) is 0 Å². The van der Waals surface area contributed by atoms with Crippen LogP contribution in [-0.2, 0) is 9.53 Å². The first-order valence-corrected chi connectivity index (χ1v) is 5.73. The third kappa shape index (κ3) is 3.68. The Labute approximate surface area is 105 Å². The van der Waals surface area contributed by atoms with Gasteiger partial charge < -0.3 is 9.47 Å². The number of hydrogen-bond donors (Lipinski definition) is 0. The Morgan fingerprint density at radius 2 is 2.00 bits per heavy atom. The third-order valence-corrected chi connectivity index (χ3v) is 2.33. The highest BCUT2D eigenvalue weighted by molar-refractivity contribution is 5.71. The molecule has 0 radical (unpaired) electrons. The normalized spacial score (nSPS) is 10.6. The van der Waals surface area contributed by atoms with Crippen LogP contribution >= 0.6 is 0 Å². The van der Waals surface area contributed by atoms with Crippen molar-refractivity contribution in [1.82, 2.24) is 0 Å². The second kappa shape index (κ2) is 6.33. The van der Waals surface area contributed by atoms with Crippen LogP contribution in [0.3, 0.4) is 0 Å². The Morgan fingerprint density at radius 1 is 1.33 bits per heavy atom. The Morgan fingerprint density at radius 3 is 2.56 bits per heavy atom. The standard InChI is InChI=1S/C13H16F2O3/c1-4-17-12(16)7-18-11-6-9(8(2)3)5-10(14)13(11)15/h5-6,8H,4,7H2,1-3H3. The van der Waals surface area contributed by atoms with Gasteiger partial charge in [-0.3, -0.25) is 0 Å². The van der Waals surface area contributed by atoms with Gasteiger partial charge in [-0.25, -0.2) is 9.18 Å². The van der Waals surface area contributed by atoms with Gasteiger partial charge in [0.1, 0.15) is 0 Å². The van der Waals surface area contributed by atoms with E-state index < -0.39 is 24.2 Å². The summed E-state index contributed by atoms with van der Waals surface area (Å²) >= 11 is 0. The predicted octanol–water partition coefficient (Wildman–Crippen LogP) is 3.03. The third-order valence-electron chi connectivity index (χ3n) is 2.33. The van der Waals surface area contributed by atoms with Gasteiger partial charge in [0.05, 0.1) is 6.61 Å². The van der Waals surface area contributed by atoms with E-state index in [2.05, 4.69) is 4.74 Å². The van der Waals surface area contributed by atoms with Gasteiger partial charge in [-0.15, -0.1) is 0 Å². The maximum absolute atomic E-state index is 13.4. The van der Waals surface area contributed by atoms with Crippen molar-refractivity contribution in [2.24, 2.45) is 0 Å². The molecule has 0 unspecified atom stereocenters. The highest BCUT2D eigenvalue weighted by atomic mass is 19.2. The molecule has 0 N–H and O–H groups in total. The first-order chi connectivity index (χ1) is 8.45. The average molecular weight is 258 g/mol. The van der Waals surface area contributed by atoms with Gasteiger partial charge in [-0.05, 0) is 30.5 Å². The SMILES string of the molecule is CCOC(=O)COc1cc(C(C)C)cc(F)c1F. The van der Waals surface area contributed by atoms with E-state index >= 15 is 0 Å². The molecule has 0 bridgehead atoms. The lowest BCUT2D eigenvalue weighted by Crippen LogP contribution is -2.15. The zero-order valence-electron chi connectivity index (χ0n) is 10.6. The maximum Gasteiger partial charge on any atom is 0.344 e. The molecule has 0 aliphatic rings. The van der Waals surface area contributed by atoms with E-state index in [4.69, 9.17) is 4.74 Å². The molecular weight excluding hydrogens is 242 g/mol. The molecule has 5 heteroatoms. The van der Waals surface area contributed by atoms with Crippen molar-refractivity contribution in [3.05, 3.63) is 29.3 Å². The van der Waals surface area contributed by atoms with E-state index in [1.165, 1.54) is 6.07 Å². The lowest BCUT2D eigenvalue weighted by molar-refractivity contribution is -0.145. The Balaban J connectivity index is 2.84. The van der Waals surface area contributed by atoms with Gasteiger partial charge >= 0.3 is 5.97 Å². The first kappa shape index (κ1) is 14.4. The zero-order chi connectivity index (χ0) is 13.7. The van der Waals surface area contributed by atoms with Gasteiger partial charge in [-0.2, -0.15) is 4.39 Å². The van der Waals surface area contributed by atoms with Crippen molar-refractivity contribution in [3.8, 4) is 5.75 Å². The maximum atomic E-state index is 13.4. The summed E-state index contributed by atoms with van der Waals surface area (Å²) in [6, 6.07) is 2.51. The number of benzene rings is 1. The molecule has 0 saturated heterocycles. The quantitative estimate of drug-likeness (QED) is 0.761. The smallest absolute Gasteiger partial charge is 0.344 e. The molecule has 0 spiro atoms. The molecule has 1 rings (SSSR count). The van der Waals surface area contributed by atoms with Crippen molar-refractivity contribution in [2.75, 3.05) is 13.2 Å². The average Bonchev–Trinajstić information content (AvgIpc) is 2.31. The fourth-order valence-corrected chi connectivity index (χ4v) is 1.36. The van der Waals surface area contributed by atoms with Crippen LogP contribution in [0.15, 0.2) is 12.1 Å². The highest BCUT2D eigenvalue weighted by Gasteiger charge is 2.15. The predicted molar refractivity (Wildman–Crippen MR) is 62.6 cm³/mol. The Hall–Kier alpha value is -1.65. The van der Waals surface area contributed by atoms with Crippen molar-refractivity contribution >= 4 is 5.97 Å². The van der Waals surface area contributed by atoms with E-state index in [-0.39, 0.29) is 18.3 Å². The van der Waals surface area contributed by atoms with Crippen LogP contribution in [0, 0.1) is 11.6 Å². The summed E-state index contributed by atoms with van der Waals surface area (Å²) < 4.78 is 36.3. The second-order valence-electron chi connectivity index (χ2n) is 4.06. The van der Waals surface area contributed by atoms with Crippen LogP contribution in [0.25, 0.3) is 0 Å². The van der Waals surface area contributed by atoms with Crippen molar-refractivity contribution in [1.29, 1.82) is 0 Å². The summed E-state index contributed by atoms with van der Waals surface area (Å²) in [5.74, 6) is -2.94. The number of carbonyl (C=O) groups excluding carboxylic acids is 1. The molecule has 1 aromatic rings. The molecule has 0 aliphatic carbocycles. The Bertz CT molecular complexity index is 430. The van der Waals surface area contributed by atoms with Gasteiger partial charge in [0.2, 0.25) is 5.82 Å². The van der Waals surface area contributed by atoms with Crippen LogP contribution in [0.4, 0.5) is 8.78 Å². The summed E-state index contributed by atoms with van der Waals surface area (Å²) in [6.07, 6.45) is 0. The van der Waals surface area contributed by atoms with E-state index in [1.54, 1.807) is 6.92 Å². The minimum atomic E-state index is -1.09. The largest absolute Gasteiger partial charge is 0.479 e. The van der Waals surface area contributed by atoms with E-state index in [0.717, 1.165) is 6.07 Å². The molecule has 0 fully saturated rings. The summed E-state index contributed by atoms with van der Waals surface area (Å²) in [5.41, 5.74) is 0.604. The monoisotopic (exact) mass is 258 g/mol. The highest BCUT2D eigenvalue weighted by Crippen LogP contribution is 2.26. The van der Waals surface area contributed by atoms with Crippen molar-refractivity contribution < 1.29 is 23.0 Å². The lowest BCUT2D eigenvalue weighted by atomic mass is 10.0. The van der Waals surface area contributed by atoms with E-state index in [9.17, 15) is 13.6 Å².